The molecule has 3 aromatic rings. The van der Waals surface area contributed by atoms with Crippen LogP contribution in [0.3, 0.4) is 0 Å². The lowest BCUT2D eigenvalue weighted by molar-refractivity contribution is -0.159. The van der Waals surface area contributed by atoms with Gasteiger partial charge in [-0.25, -0.2) is 0 Å². The molecular weight excluding hydrogens is 592 g/mol. The second kappa shape index (κ2) is 15.3. The fraction of sp³-hybridized carbons (Fsp3) is 0.472. The molecule has 3 rings (SSSR count). The monoisotopic (exact) mass is 640 g/mol. The van der Waals surface area contributed by atoms with Crippen molar-refractivity contribution in [2.75, 3.05) is 6.61 Å². The zero-order valence-electron chi connectivity index (χ0n) is 27.4. The van der Waals surface area contributed by atoms with Gasteiger partial charge in [-0.1, -0.05) is 50.2 Å². The number of carbonyl (C=O) groups is 1. The van der Waals surface area contributed by atoms with Gasteiger partial charge in [-0.3, -0.25) is 8.98 Å². The minimum absolute atomic E-state index is 0.0476. The Morgan fingerprint density at radius 1 is 0.822 bits per heavy atom. The molecule has 0 aliphatic carbocycles. The number of hydrogen-bond donors (Lipinski definition) is 2. The van der Waals surface area contributed by atoms with E-state index in [2.05, 4.69) is 6.92 Å². The van der Waals surface area contributed by atoms with Gasteiger partial charge in [-0.15, -0.1) is 0 Å². The lowest BCUT2D eigenvalue weighted by atomic mass is 9.81. The lowest BCUT2D eigenvalue weighted by Crippen LogP contribution is -2.28. The third-order valence-corrected chi connectivity index (χ3v) is 8.80. The van der Waals surface area contributed by atoms with E-state index in [0.717, 1.165) is 23.1 Å². The van der Waals surface area contributed by atoms with Crippen LogP contribution in [0.15, 0.2) is 77.7 Å². The van der Waals surface area contributed by atoms with Crippen molar-refractivity contribution in [3.8, 4) is 11.5 Å². The molecule has 8 nitrogen and oxygen atoms in total. The summed E-state index contributed by atoms with van der Waals surface area (Å²) in [5.74, 6) is 0.654. The molecule has 2 N–H and O–H groups in total. The van der Waals surface area contributed by atoms with Crippen molar-refractivity contribution < 1.29 is 37.1 Å². The molecule has 3 unspecified atom stereocenters. The quantitative estimate of drug-likeness (QED) is 0.130. The van der Waals surface area contributed by atoms with Crippen molar-refractivity contribution in [1.82, 2.24) is 0 Å². The highest BCUT2D eigenvalue weighted by Gasteiger charge is 2.27. The topological polar surface area (TPSA) is 119 Å². The second-order valence-electron chi connectivity index (χ2n) is 13.4. The number of benzene rings is 3. The number of aliphatic hydroxyl groups is 1. The fourth-order valence-electron chi connectivity index (χ4n) is 4.88. The molecule has 0 fully saturated rings. The third kappa shape index (κ3) is 12.1. The molecule has 0 radical (unpaired) electrons. The van der Waals surface area contributed by atoms with E-state index < -0.39 is 21.3 Å². The normalized spacial score (nSPS) is 14.4. The number of hydrogen-bond acceptors (Lipinski definition) is 8. The number of carbonyl (C=O) groups excluding carboxylic acids is 1. The molecule has 0 bridgehead atoms. The van der Waals surface area contributed by atoms with Gasteiger partial charge < -0.3 is 19.7 Å². The summed E-state index contributed by atoms with van der Waals surface area (Å²) in [6, 6.07) is 21.4. The van der Waals surface area contributed by atoms with Gasteiger partial charge in [-0.05, 0) is 112 Å². The summed E-state index contributed by atoms with van der Waals surface area (Å²) >= 11 is 0. The summed E-state index contributed by atoms with van der Waals surface area (Å²) in [6.45, 7) is 13.0. The van der Waals surface area contributed by atoms with Gasteiger partial charge in [0.25, 0.3) is 10.1 Å². The molecule has 0 saturated carbocycles. The van der Waals surface area contributed by atoms with E-state index in [9.17, 15) is 23.4 Å². The van der Waals surface area contributed by atoms with Crippen molar-refractivity contribution >= 4 is 16.1 Å². The minimum atomic E-state index is -3.91. The van der Waals surface area contributed by atoms with Crippen LogP contribution in [0.25, 0.3) is 0 Å². The largest absolute Gasteiger partial charge is 0.508 e. The molecule has 9 heteroatoms. The average Bonchev–Trinajstić information content (AvgIpc) is 2.95. The Kier molecular flexibility index (Phi) is 12.2. The molecule has 0 aliphatic heterocycles. The summed E-state index contributed by atoms with van der Waals surface area (Å²) in [4.78, 5) is 12.8. The summed E-state index contributed by atoms with van der Waals surface area (Å²) < 4.78 is 41.5. The van der Waals surface area contributed by atoms with Gasteiger partial charge in [0.15, 0.2) is 0 Å². The van der Waals surface area contributed by atoms with E-state index in [0.29, 0.717) is 12.2 Å². The molecule has 0 aromatic heterocycles. The molecule has 45 heavy (non-hydrogen) atoms. The van der Waals surface area contributed by atoms with E-state index >= 15 is 0 Å². The molecule has 3 atom stereocenters. The number of aromatic hydroxyl groups is 1. The Balaban J connectivity index is 1.60. The standard InChI is InChI=1S/C36H48O8S/c1-25(22-30(29-10-14-31(37)15-11-29)23-26(2)34(38)44-35(3,4)5)28-12-16-32(17-13-28)42-24-27-8-18-33(19-9-27)45(40,41)43-21-20-36(6,7)39/h8-19,25-26,30,37,39H,20-24H2,1-7H3. The minimum Gasteiger partial charge on any atom is -0.508 e. The Bertz CT molecular complexity index is 1470. The molecule has 0 heterocycles. The highest BCUT2D eigenvalue weighted by atomic mass is 32.2. The van der Waals surface area contributed by atoms with Gasteiger partial charge >= 0.3 is 5.97 Å². The highest BCUT2D eigenvalue weighted by molar-refractivity contribution is 7.86. The van der Waals surface area contributed by atoms with Crippen molar-refractivity contribution in [3.05, 3.63) is 89.5 Å². The Morgan fingerprint density at radius 2 is 1.40 bits per heavy atom. The Morgan fingerprint density at radius 3 is 1.96 bits per heavy atom. The predicted molar refractivity (Wildman–Crippen MR) is 175 cm³/mol. The molecular formula is C36H48O8S. The number of rotatable bonds is 15. The van der Waals surface area contributed by atoms with Gasteiger partial charge in [0.05, 0.1) is 23.0 Å². The maximum absolute atomic E-state index is 12.7. The van der Waals surface area contributed by atoms with Crippen LogP contribution in [0.4, 0.5) is 0 Å². The first-order valence-corrected chi connectivity index (χ1v) is 16.8. The summed E-state index contributed by atoms with van der Waals surface area (Å²) in [6.07, 6.45) is 1.62. The third-order valence-electron chi connectivity index (χ3n) is 7.47. The first-order chi connectivity index (χ1) is 20.9. The van der Waals surface area contributed by atoms with Crippen LogP contribution in [0.1, 0.15) is 96.3 Å². The SMILES string of the molecule is CC(CC(CC(C)c1ccc(OCc2ccc(S(=O)(=O)OCCC(C)(C)O)cc2)cc1)c1ccc(O)cc1)C(=O)OC(C)(C)C. The Labute approximate surface area is 268 Å². The first kappa shape index (κ1) is 36.1. The molecule has 0 saturated heterocycles. The Hall–Kier alpha value is -3.40. The van der Waals surface area contributed by atoms with Gasteiger partial charge in [0.2, 0.25) is 0 Å². The zero-order valence-corrected chi connectivity index (χ0v) is 28.3. The maximum atomic E-state index is 12.7. The van der Waals surface area contributed by atoms with E-state index in [1.165, 1.54) is 12.1 Å². The first-order valence-electron chi connectivity index (χ1n) is 15.4. The second-order valence-corrected chi connectivity index (χ2v) is 15.1. The number of ether oxygens (including phenoxy) is 2. The van der Waals surface area contributed by atoms with Crippen molar-refractivity contribution in [1.29, 1.82) is 0 Å². The molecule has 3 aromatic carbocycles. The van der Waals surface area contributed by atoms with Crippen molar-refractivity contribution in [2.45, 2.75) is 102 Å². The van der Waals surface area contributed by atoms with Crippen molar-refractivity contribution in [2.24, 2.45) is 5.92 Å². The molecule has 0 amide bonds. The smallest absolute Gasteiger partial charge is 0.309 e. The van der Waals surface area contributed by atoms with Gasteiger partial charge in [-0.2, -0.15) is 8.42 Å². The van der Waals surface area contributed by atoms with E-state index in [1.54, 1.807) is 38.1 Å². The summed E-state index contributed by atoms with van der Waals surface area (Å²) in [5.41, 5.74) is 1.45. The molecule has 0 spiro atoms. The summed E-state index contributed by atoms with van der Waals surface area (Å²) in [5, 5.41) is 19.6. The van der Waals surface area contributed by atoms with E-state index in [4.69, 9.17) is 13.7 Å². The number of phenolic OH excluding ortho intramolecular Hbond substituents is 1. The number of phenols is 1. The fourth-order valence-corrected chi connectivity index (χ4v) is 5.79. The van der Waals surface area contributed by atoms with Crippen LogP contribution in [0.2, 0.25) is 0 Å². The van der Waals surface area contributed by atoms with Crippen molar-refractivity contribution in [3.63, 3.8) is 0 Å². The van der Waals surface area contributed by atoms with Crippen LogP contribution in [-0.2, 0) is 30.4 Å². The summed E-state index contributed by atoms with van der Waals surface area (Å²) in [7, 11) is -3.91. The van der Waals surface area contributed by atoms with Crippen LogP contribution in [0.5, 0.6) is 11.5 Å². The van der Waals surface area contributed by atoms with Gasteiger partial charge in [0, 0.05) is 6.42 Å². The van der Waals surface area contributed by atoms with Crippen LogP contribution in [0, 0.1) is 5.92 Å². The van der Waals surface area contributed by atoms with E-state index in [1.807, 2.05) is 64.1 Å². The average molecular weight is 641 g/mol. The van der Waals surface area contributed by atoms with Crippen LogP contribution in [-0.4, -0.2) is 42.4 Å². The number of esters is 1. The lowest BCUT2D eigenvalue weighted by Gasteiger charge is -2.27. The zero-order chi connectivity index (χ0) is 33.4. The van der Waals surface area contributed by atoms with Crippen LogP contribution < -0.4 is 4.74 Å². The molecule has 0 aliphatic rings. The van der Waals surface area contributed by atoms with Crippen LogP contribution >= 0.6 is 0 Å². The molecule has 246 valence electrons. The predicted octanol–water partition coefficient (Wildman–Crippen LogP) is 7.48. The van der Waals surface area contributed by atoms with E-state index in [-0.39, 0.29) is 54.0 Å². The van der Waals surface area contributed by atoms with Gasteiger partial charge in [0.1, 0.15) is 23.7 Å². The highest BCUT2D eigenvalue weighted by Crippen LogP contribution is 2.36. The maximum Gasteiger partial charge on any atom is 0.309 e.